The number of amides is 1. The van der Waals surface area contributed by atoms with E-state index in [2.05, 4.69) is 5.32 Å². The smallest absolute Gasteiger partial charge is 0.417 e. The molecular weight excluding hydrogens is 375 g/mol. The molecule has 8 heteroatoms. The number of nitrogens with one attached hydrogen (secondary N) is 1. The molecule has 1 saturated carbocycles. The summed E-state index contributed by atoms with van der Waals surface area (Å²) in [6, 6.07) is 4.23. The number of fused-ring (bicyclic) bond motifs is 1. The lowest BCUT2D eigenvalue weighted by Gasteiger charge is -2.20. The van der Waals surface area contributed by atoms with Crippen LogP contribution in [0.1, 0.15) is 51.0 Å². The molecule has 2 aromatic rings. The Bertz CT molecular complexity index is 898. The van der Waals surface area contributed by atoms with Crippen LogP contribution in [0.15, 0.2) is 33.5 Å². The molecule has 5 nitrogen and oxygen atoms in total. The molecule has 1 unspecified atom stereocenters. The van der Waals surface area contributed by atoms with Gasteiger partial charge in [-0.15, -0.1) is 0 Å². The third kappa shape index (κ3) is 4.85. The molecule has 3 rings (SSSR count). The molecule has 1 aromatic carbocycles. The van der Waals surface area contributed by atoms with E-state index in [9.17, 15) is 22.8 Å². The highest BCUT2D eigenvalue weighted by Gasteiger charge is 2.34. The topological polar surface area (TPSA) is 68.5 Å². The van der Waals surface area contributed by atoms with E-state index in [1.807, 2.05) is 0 Å². The van der Waals surface area contributed by atoms with Gasteiger partial charge in [-0.1, -0.05) is 25.7 Å². The van der Waals surface area contributed by atoms with Crippen molar-refractivity contribution in [3.63, 3.8) is 0 Å². The Labute approximate surface area is 159 Å². The van der Waals surface area contributed by atoms with Crippen LogP contribution in [0.2, 0.25) is 0 Å². The largest absolute Gasteiger partial charge is 0.481 e. The minimum absolute atomic E-state index is 0.116. The fraction of sp³-hybridized carbons (Fsp3) is 0.500. The van der Waals surface area contributed by atoms with Gasteiger partial charge in [0.15, 0.2) is 6.10 Å². The summed E-state index contributed by atoms with van der Waals surface area (Å²) in [4.78, 5) is 23.8. The van der Waals surface area contributed by atoms with Crippen molar-refractivity contribution in [2.75, 3.05) is 0 Å². The lowest BCUT2D eigenvalue weighted by molar-refractivity contribution is -0.136. The van der Waals surface area contributed by atoms with Gasteiger partial charge in [-0.3, -0.25) is 4.79 Å². The second kappa shape index (κ2) is 8.24. The monoisotopic (exact) mass is 397 g/mol. The maximum absolute atomic E-state index is 13.1. The van der Waals surface area contributed by atoms with Crippen molar-refractivity contribution in [1.29, 1.82) is 0 Å². The summed E-state index contributed by atoms with van der Waals surface area (Å²) in [7, 11) is 0. The van der Waals surface area contributed by atoms with Crippen molar-refractivity contribution in [3.8, 4) is 5.75 Å². The molecule has 0 radical (unpaired) electrons. The number of carbonyl (C=O) groups is 1. The van der Waals surface area contributed by atoms with E-state index in [1.54, 1.807) is 6.92 Å². The van der Waals surface area contributed by atoms with Crippen LogP contribution >= 0.6 is 0 Å². The Hall–Kier alpha value is -2.51. The van der Waals surface area contributed by atoms with E-state index in [0.29, 0.717) is 6.07 Å². The Morgan fingerprint density at radius 2 is 1.86 bits per heavy atom. The van der Waals surface area contributed by atoms with E-state index >= 15 is 0 Å². The first-order valence-electron chi connectivity index (χ1n) is 9.36. The van der Waals surface area contributed by atoms with Crippen LogP contribution in [-0.4, -0.2) is 18.1 Å². The Morgan fingerprint density at radius 3 is 2.50 bits per heavy atom. The van der Waals surface area contributed by atoms with E-state index in [-0.39, 0.29) is 28.7 Å². The first-order valence-corrected chi connectivity index (χ1v) is 9.36. The average Bonchev–Trinajstić information content (AvgIpc) is 2.88. The average molecular weight is 397 g/mol. The van der Waals surface area contributed by atoms with Gasteiger partial charge in [-0.05, 0) is 31.9 Å². The predicted octanol–water partition coefficient (Wildman–Crippen LogP) is 4.42. The van der Waals surface area contributed by atoms with Crippen molar-refractivity contribution in [3.05, 3.63) is 40.2 Å². The Morgan fingerprint density at radius 1 is 1.18 bits per heavy atom. The second-order valence-electron chi connectivity index (χ2n) is 7.09. The molecule has 0 saturated heterocycles. The number of benzene rings is 1. The maximum atomic E-state index is 13.1. The Balaban J connectivity index is 1.74. The molecule has 1 heterocycles. The van der Waals surface area contributed by atoms with E-state index in [0.717, 1.165) is 25.7 Å². The second-order valence-corrected chi connectivity index (χ2v) is 7.09. The summed E-state index contributed by atoms with van der Waals surface area (Å²) in [5, 5.41) is 2.73. The number of rotatable bonds is 4. The summed E-state index contributed by atoms with van der Waals surface area (Å²) in [6.07, 6.45) is 0.832. The van der Waals surface area contributed by atoms with Gasteiger partial charge in [0.2, 0.25) is 0 Å². The lowest BCUT2D eigenvalue weighted by atomic mass is 10.1. The van der Waals surface area contributed by atoms with Crippen molar-refractivity contribution in [1.82, 2.24) is 5.32 Å². The summed E-state index contributed by atoms with van der Waals surface area (Å²) in [5.41, 5.74) is -2.41. The summed E-state index contributed by atoms with van der Waals surface area (Å²) in [5.74, 6) is -0.129. The first-order chi connectivity index (χ1) is 13.2. The zero-order valence-electron chi connectivity index (χ0n) is 15.5. The molecule has 1 fully saturated rings. The Kier molecular flexibility index (Phi) is 5.96. The number of ether oxygens (including phenoxy) is 1. The van der Waals surface area contributed by atoms with Gasteiger partial charge in [0, 0.05) is 23.6 Å². The third-order valence-electron chi connectivity index (χ3n) is 4.91. The molecule has 1 aliphatic carbocycles. The van der Waals surface area contributed by atoms with Gasteiger partial charge in [-0.2, -0.15) is 13.2 Å². The summed E-state index contributed by atoms with van der Waals surface area (Å²) < 4.78 is 49.7. The van der Waals surface area contributed by atoms with Gasteiger partial charge in [-0.25, -0.2) is 4.79 Å². The fourth-order valence-electron chi connectivity index (χ4n) is 3.45. The van der Waals surface area contributed by atoms with Crippen LogP contribution in [-0.2, 0) is 11.0 Å². The minimum atomic E-state index is -4.68. The van der Waals surface area contributed by atoms with Crippen LogP contribution < -0.4 is 15.7 Å². The van der Waals surface area contributed by atoms with Crippen molar-refractivity contribution in [2.45, 2.75) is 63.8 Å². The highest BCUT2D eigenvalue weighted by atomic mass is 19.4. The fourth-order valence-corrected chi connectivity index (χ4v) is 3.45. The molecule has 0 spiro atoms. The maximum Gasteiger partial charge on any atom is 0.417 e. The molecule has 152 valence electrons. The molecule has 1 aromatic heterocycles. The van der Waals surface area contributed by atoms with Gasteiger partial charge in [0.1, 0.15) is 11.3 Å². The summed E-state index contributed by atoms with van der Waals surface area (Å²) in [6.45, 7) is 1.57. The number of halogens is 3. The van der Waals surface area contributed by atoms with Crippen molar-refractivity contribution in [2.24, 2.45) is 0 Å². The molecule has 0 bridgehead atoms. The van der Waals surface area contributed by atoms with E-state index in [1.165, 1.54) is 31.0 Å². The van der Waals surface area contributed by atoms with Gasteiger partial charge < -0.3 is 14.5 Å². The standard InChI is InChI=1S/C20H22F3NO4/c1-12(19(26)24-13-6-4-2-3-5-7-13)27-14-8-9-15-16(20(21,22)23)11-18(25)28-17(15)10-14/h8-13H,2-7H2,1H3,(H,24,26). The zero-order chi connectivity index (χ0) is 20.3. The molecule has 1 N–H and O–H groups in total. The number of carbonyl (C=O) groups excluding carboxylic acids is 1. The SMILES string of the molecule is CC(Oc1ccc2c(C(F)(F)F)cc(=O)oc2c1)C(=O)NC1CCCCCC1. The molecule has 28 heavy (non-hydrogen) atoms. The van der Waals surface area contributed by atoms with Crippen LogP contribution in [0.25, 0.3) is 11.0 Å². The van der Waals surface area contributed by atoms with E-state index in [4.69, 9.17) is 9.15 Å². The van der Waals surface area contributed by atoms with Gasteiger partial charge >= 0.3 is 11.8 Å². The van der Waals surface area contributed by atoms with Crippen LogP contribution in [0, 0.1) is 0 Å². The number of hydrogen-bond donors (Lipinski definition) is 1. The van der Waals surface area contributed by atoms with Gasteiger partial charge in [0.25, 0.3) is 5.91 Å². The van der Waals surface area contributed by atoms with Crippen LogP contribution in [0.4, 0.5) is 13.2 Å². The van der Waals surface area contributed by atoms with Crippen molar-refractivity contribution < 1.29 is 27.1 Å². The van der Waals surface area contributed by atoms with E-state index < -0.39 is 23.5 Å². The van der Waals surface area contributed by atoms with Crippen molar-refractivity contribution >= 4 is 16.9 Å². The first kappa shape index (κ1) is 20.2. The van der Waals surface area contributed by atoms with Gasteiger partial charge in [0.05, 0.1) is 5.56 Å². The molecule has 1 aliphatic rings. The highest BCUT2D eigenvalue weighted by Crippen LogP contribution is 2.35. The third-order valence-corrected chi connectivity index (χ3v) is 4.91. The zero-order valence-corrected chi connectivity index (χ0v) is 15.5. The highest BCUT2D eigenvalue weighted by molar-refractivity contribution is 5.83. The lowest BCUT2D eigenvalue weighted by Crippen LogP contribution is -2.42. The van der Waals surface area contributed by atoms with Crippen LogP contribution in [0.5, 0.6) is 5.75 Å². The molecular formula is C20H22F3NO4. The molecule has 1 amide bonds. The normalized spacial score (nSPS) is 17.1. The minimum Gasteiger partial charge on any atom is -0.481 e. The quantitative estimate of drug-likeness (QED) is 0.613. The number of alkyl halides is 3. The predicted molar refractivity (Wildman–Crippen MR) is 97.2 cm³/mol. The van der Waals surface area contributed by atoms with Crippen LogP contribution in [0.3, 0.4) is 0 Å². The summed E-state index contributed by atoms with van der Waals surface area (Å²) >= 11 is 0. The molecule has 1 atom stereocenters. The number of hydrogen-bond acceptors (Lipinski definition) is 4. The molecule has 0 aliphatic heterocycles.